The number of hydrogen-bond acceptors (Lipinski definition) is 5. The van der Waals surface area contributed by atoms with Gasteiger partial charge in [0, 0.05) is 17.6 Å². The normalized spacial score (nSPS) is 26.9. The zero-order valence-corrected chi connectivity index (χ0v) is 22.2. The number of ether oxygens (including phenoxy) is 1. The number of β-amino-alcohol motifs (C(OH)–C–C–N with tert-alkyl or cyclic N) is 1. The third-order valence-corrected chi connectivity index (χ3v) is 9.24. The van der Waals surface area contributed by atoms with Crippen molar-refractivity contribution in [2.24, 2.45) is 0 Å². The van der Waals surface area contributed by atoms with Crippen molar-refractivity contribution >= 4 is 6.03 Å². The average Bonchev–Trinajstić information content (AvgIpc) is 3.13. The van der Waals surface area contributed by atoms with Crippen LogP contribution in [-0.4, -0.2) is 71.3 Å². The summed E-state index contributed by atoms with van der Waals surface area (Å²) in [7, 11) is 5.92. The Balaban J connectivity index is 1.45. The Labute approximate surface area is 220 Å². The number of benzene rings is 2. The summed E-state index contributed by atoms with van der Waals surface area (Å²) in [6.07, 6.45) is 6.11. The van der Waals surface area contributed by atoms with Gasteiger partial charge in [-0.05, 0) is 82.8 Å². The van der Waals surface area contributed by atoms with Gasteiger partial charge in [0.05, 0.1) is 43.0 Å². The van der Waals surface area contributed by atoms with E-state index in [2.05, 4.69) is 55.4 Å². The predicted molar refractivity (Wildman–Crippen MR) is 142 cm³/mol. The first-order valence-corrected chi connectivity index (χ1v) is 13.3. The average molecular weight is 503 g/mol. The fraction of sp³-hybridized carbons (Fsp3) is 0.533. The Morgan fingerprint density at radius 2 is 1.76 bits per heavy atom. The summed E-state index contributed by atoms with van der Waals surface area (Å²) >= 11 is 0. The molecule has 1 saturated heterocycles. The second-order valence-electron chi connectivity index (χ2n) is 11.5. The van der Waals surface area contributed by atoms with Gasteiger partial charge in [0.25, 0.3) is 0 Å². The molecule has 0 radical (unpaired) electrons. The Kier molecular flexibility index (Phi) is 6.68. The van der Waals surface area contributed by atoms with E-state index < -0.39 is 5.60 Å². The van der Waals surface area contributed by atoms with Gasteiger partial charge in [0.2, 0.25) is 0 Å². The van der Waals surface area contributed by atoms with E-state index in [-0.39, 0.29) is 17.1 Å². The van der Waals surface area contributed by atoms with Crippen molar-refractivity contribution in [2.45, 2.75) is 68.2 Å². The fourth-order valence-corrected chi connectivity index (χ4v) is 6.75. The number of carbonyl (C=O) groups is 1. The molecule has 3 fully saturated rings. The van der Waals surface area contributed by atoms with Crippen LogP contribution in [0.2, 0.25) is 0 Å². The molecule has 7 heteroatoms. The molecule has 1 spiro atoms. The van der Waals surface area contributed by atoms with E-state index in [1.807, 2.05) is 15.9 Å². The van der Waals surface area contributed by atoms with E-state index >= 15 is 0 Å². The molecule has 196 valence electrons. The summed E-state index contributed by atoms with van der Waals surface area (Å²) < 4.78 is 5.56. The summed E-state index contributed by atoms with van der Waals surface area (Å²) in [4.78, 5) is 20.2. The number of urea groups is 1. The monoisotopic (exact) mass is 502 g/mol. The minimum Gasteiger partial charge on any atom is -0.496 e. The van der Waals surface area contributed by atoms with Gasteiger partial charge in [-0.3, -0.25) is 4.90 Å². The van der Waals surface area contributed by atoms with Gasteiger partial charge < -0.3 is 19.6 Å². The highest BCUT2D eigenvalue weighted by molar-refractivity contribution is 5.78. The summed E-state index contributed by atoms with van der Waals surface area (Å²) in [5, 5.41) is 20.5. The lowest BCUT2D eigenvalue weighted by atomic mass is 9.67. The van der Waals surface area contributed by atoms with Gasteiger partial charge in [-0.2, -0.15) is 5.26 Å². The molecule has 0 bridgehead atoms. The number of amides is 2. The molecule has 2 amide bonds. The molecule has 2 aromatic rings. The molecule has 3 aliphatic rings. The van der Waals surface area contributed by atoms with Crippen molar-refractivity contribution in [2.75, 3.05) is 34.3 Å². The third kappa shape index (κ3) is 4.47. The van der Waals surface area contributed by atoms with Crippen molar-refractivity contribution in [1.82, 2.24) is 14.7 Å². The van der Waals surface area contributed by atoms with Crippen LogP contribution in [0.15, 0.2) is 48.5 Å². The number of hydrogen-bond donors (Lipinski definition) is 1. The van der Waals surface area contributed by atoms with Crippen LogP contribution in [0.3, 0.4) is 0 Å². The molecule has 1 heterocycles. The SMILES string of the molecule is COc1ccc(C#N)cc1CN1C[C@]2(CC[C@](c3ccccc3)(N(C)C)CC2)N(CC2(O)CCC2)C1=O. The maximum Gasteiger partial charge on any atom is 0.321 e. The van der Waals surface area contributed by atoms with Crippen LogP contribution in [0.4, 0.5) is 4.79 Å². The second kappa shape index (κ2) is 9.66. The van der Waals surface area contributed by atoms with Gasteiger partial charge in [-0.1, -0.05) is 30.3 Å². The predicted octanol–water partition coefficient (Wildman–Crippen LogP) is 4.49. The molecule has 2 saturated carbocycles. The van der Waals surface area contributed by atoms with Gasteiger partial charge in [0.15, 0.2) is 0 Å². The van der Waals surface area contributed by atoms with Gasteiger partial charge in [-0.25, -0.2) is 4.79 Å². The first-order valence-electron chi connectivity index (χ1n) is 13.3. The van der Waals surface area contributed by atoms with E-state index in [0.717, 1.165) is 50.5 Å². The van der Waals surface area contributed by atoms with E-state index in [9.17, 15) is 15.2 Å². The van der Waals surface area contributed by atoms with Gasteiger partial charge in [0.1, 0.15) is 5.75 Å². The number of nitrogens with zero attached hydrogens (tertiary/aromatic N) is 4. The quantitative estimate of drug-likeness (QED) is 0.604. The molecule has 1 aliphatic heterocycles. The smallest absolute Gasteiger partial charge is 0.321 e. The molecule has 5 rings (SSSR count). The zero-order chi connectivity index (χ0) is 26.3. The van der Waals surface area contributed by atoms with Crippen molar-refractivity contribution in [3.05, 3.63) is 65.2 Å². The Hall–Kier alpha value is -3.08. The van der Waals surface area contributed by atoms with Crippen molar-refractivity contribution in [3.8, 4) is 11.8 Å². The maximum absolute atomic E-state index is 13.9. The lowest BCUT2D eigenvalue weighted by Crippen LogP contribution is -2.59. The number of aliphatic hydroxyl groups is 1. The number of methoxy groups -OCH3 is 1. The molecule has 2 aromatic carbocycles. The lowest BCUT2D eigenvalue weighted by Gasteiger charge is -2.52. The standard InChI is InChI=1S/C30H38N4O3/c1-32(2)30(25-8-5-4-6-9-25)16-14-28(15-17-30)21-33(27(35)34(28)22-29(36)12-7-13-29)20-24-18-23(19-31)10-11-26(24)37-3/h4-6,8-11,18,36H,7,12-17,20-22H2,1-3H3/t28-,30+. The summed E-state index contributed by atoms with van der Waals surface area (Å²) in [6.45, 7) is 1.38. The van der Waals surface area contributed by atoms with Crippen LogP contribution in [0.5, 0.6) is 5.75 Å². The Bertz CT molecular complexity index is 1180. The molecule has 1 N–H and O–H groups in total. The minimum atomic E-state index is -0.785. The first kappa shape index (κ1) is 25.6. The number of carbonyl (C=O) groups excluding carboxylic acids is 1. The molecule has 37 heavy (non-hydrogen) atoms. The van der Waals surface area contributed by atoms with Crippen LogP contribution in [-0.2, 0) is 12.1 Å². The molecule has 7 nitrogen and oxygen atoms in total. The molecule has 2 aliphatic carbocycles. The molecule has 0 atom stereocenters. The van der Waals surface area contributed by atoms with Crippen molar-refractivity contribution in [3.63, 3.8) is 0 Å². The van der Waals surface area contributed by atoms with Crippen LogP contribution in [0.25, 0.3) is 0 Å². The maximum atomic E-state index is 13.9. The van der Waals surface area contributed by atoms with Crippen LogP contribution >= 0.6 is 0 Å². The second-order valence-corrected chi connectivity index (χ2v) is 11.5. The van der Waals surface area contributed by atoms with E-state index in [1.165, 1.54) is 5.56 Å². The topological polar surface area (TPSA) is 80.0 Å². The summed E-state index contributed by atoms with van der Waals surface area (Å²) in [6, 6.07) is 18.2. The largest absolute Gasteiger partial charge is 0.496 e. The van der Waals surface area contributed by atoms with Crippen molar-refractivity contribution < 1.29 is 14.6 Å². The Morgan fingerprint density at radius 3 is 2.32 bits per heavy atom. The molecule has 0 unspecified atom stereocenters. The number of rotatable bonds is 7. The summed E-state index contributed by atoms with van der Waals surface area (Å²) in [5.74, 6) is 0.677. The highest BCUT2D eigenvalue weighted by atomic mass is 16.5. The van der Waals surface area contributed by atoms with E-state index in [0.29, 0.717) is 30.9 Å². The Morgan fingerprint density at radius 1 is 1.05 bits per heavy atom. The highest BCUT2D eigenvalue weighted by Gasteiger charge is 2.56. The van der Waals surface area contributed by atoms with Crippen molar-refractivity contribution in [1.29, 1.82) is 5.26 Å². The minimum absolute atomic E-state index is 0.0261. The fourth-order valence-electron chi connectivity index (χ4n) is 6.75. The molecular weight excluding hydrogens is 464 g/mol. The van der Waals surface area contributed by atoms with Crippen LogP contribution < -0.4 is 4.74 Å². The van der Waals surface area contributed by atoms with Gasteiger partial charge in [-0.15, -0.1) is 0 Å². The third-order valence-electron chi connectivity index (χ3n) is 9.24. The summed E-state index contributed by atoms with van der Waals surface area (Å²) in [5.41, 5.74) is 1.51. The highest BCUT2D eigenvalue weighted by Crippen LogP contribution is 2.50. The first-order chi connectivity index (χ1) is 17.7. The van der Waals surface area contributed by atoms with Crippen LogP contribution in [0.1, 0.15) is 61.6 Å². The lowest BCUT2D eigenvalue weighted by molar-refractivity contribution is -0.0725. The van der Waals surface area contributed by atoms with Crippen LogP contribution in [0, 0.1) is 11.3 Å². The zero-order valence-electron chi connectivity index (χ0n) is 22.2. The van der Waals surface area contributed by atoms with E-state index in [4.69, 9.17) is 4.74 Å². The molecule has 0 aromatic heterocycles. The van der Waals surface area contributed by atoms with Gasteiger partial charge >= 0.3 is 6.03 Å². The molecular formula is C30H38N4O3. The number of nitriles is 1. The van der Waals surface area contributed by atoms with E-state index in [1.54, 1.807) is 19.2 Å².